The van der Waals surface area contributed by atoms with Gasteiger partial charge in [-0.05, 0) is 48.5 Å². The van der Waals surface area contributed by atoms with Gasteiger partial charge in [-0.1, -0.05) is 45.4 Å². The number of carbonyl (C=O) groups is 2. The third-order valence-electron chi connectivity index (χ3n) is 5.46. The summed E-state index contributed by atoms with van der Waals surface area (Å²) in [5, 5.41) is 1.64. The molecule has 1 fully saturated rings. The molecule has 0 saturated heterocycles. The minimum atomic E-state index is -0.530. The van der Waals surface area contributed by atoms with Crippen LogP contribution in [0.5, 0.6) is 0 Å². The van der Waals surface area contributed by atoms with Crippen LogP contribution in [0, 0.1) is 11.3 Å². The summed E-state index contributed by atoms with van der Waals surface area (Å²) in [5.41, 5.74) is 0.386. The Morgan fingerprint density at radius 3 is 2.67 bits per heavy atom. The van der Waals surface area contributed by atoms with Crippen LogP contribution < -0.4 is 0 Å². The molecule has 1 unspecified atom stereocenters. The van der Waals surface area contributed by atoms with E-state index < -0.39 is 10.7 Å². The van der Waals surface area contributed by atoms with Gasteiger partial charge in [0.2, 0.25) is 0 Å². The maximum absolute atomic E-state index is 13.2. The molecule has 0 aliphatic heterocycles. The Bertz CT molecular complexity index is 671. The molecule has 1 saturated carbocycles. The van der Waals surface area contributed by atoms with Gasteiger partial charge < -0.3 is 4.74 Å². The number of thioether (sulfide) groups is 2. The molecule has 0 heterocycles. The van der Waals surface area contributed by atoms with Gasteiger partial charge in [-0.25, -0.2) is 0 Å². The zero-order valence-corrected chi connectivity index (χ0v) is 18.3. The third-order valence-corrected chi connectivity index (χ3v) is 7.84. The first kappa shape index (κ1) is 22.1. The smallest absolute Gasteiger partial charge is 0.319 e. The van der Waals surface area contributed by atoms with E-state index in [1.54, 1.807) is 11.8 Å². The Morgan fingerprint density at radius 2 is 2.04 bits per heavy atom. The van der Waals surface area contributed by atoms with Crippen molar-refractivity contribution in [3.8, 4) is 0 Å². The number of carbonyl (C=O) groups excluding carboxylic acids is 2. The van der Waals surface area contributed by atoms with Crippen LogP contribution in [-0.4, -0.2) is 29.9 Å². The normalized spacial score (nSPS) is 23.4. The van der Waals surface area contributed by atoms with E-state index in [-0.39, 0.29) is 17.7 Å². The minimum absolute atomic E-state index is 0.116. The molecule has 0 aromatic heterocycles. The monoisotopic (exact) mass is 406 g/mol. The zero-order valence-electron chi connectivity index (χ0n) is 16.7. The van der Waals surface area contributed by atoms with Gasteiger partial charge in [0.1, 0.15) is 5.25 Å². The van der Waals surface area contributed by atoms with Gasteiger partial charge in [0.25, 0.3) is 0 Å². The van der Waals surface area contributed by atoms with Crippen molar-refractivity contribution in [2.24, 2.45) is 11.3 Å². The van der Waals surface area contributed by atoms with E-state index in [2.05, 4.69) is 6.92 Å². The summed E-state index contributed by atoms with van der Waals surface area (Å²) < 4.78 is 5.07. The van der Waals surface area contributed by atoms with Crippen LogP contribution in [-0.2, 0) is 14.3 Å². The zero-order chi connectivity index (χ0) is 19.9. The number of unbranched alkanes of at least 4 members (excludes halogenated alkanes) is 1. The second-order valence-electron chi connectivity index (χ2n) is 7.28. The maximum atomic E-state index is 13.2. The van der Waals surface area contributed by atoms with Gasteiger partial charge in [0.15, 0.2) is 5.78 Å². The van der Waals surface area contributed by atoms with Crippen LogP contribution in [0.15, 0.2) is 46.2 Å². The SMILES string of the molecule is CCCCS/C=C1\CC[C@@](C)([C@H](C)C(Sc2ccccc2)C(=O)OC)C1=O. The molecule has 2 rings (SSSR count). The fourth-order valence-electron chi connectivity index (χ4n) is 3.37. The topological polar surface area (TPSA) is 43.4 Å². The number of ether oxygens (including phenoxy) is 1. The number of methoxy groups -OCH3 is 1. The van der Waals surface area contributed by atoms with E-state index in [9.17, 15) is 9.59 Å². The second-order valence-corrected chi connectivity index (χ2v) is 9.47. The van der Waals surface area contributed by atoms with Gasteiger partial charge in [0.05, 0.1) is 7.11 Å². The van der Waals surface area contributed by atoms with Gasteiger partial charge in [-0.15, -0.1) is 23.5 Å². The Hall–Kier alpha value is -1.20. The standard InChI is InChI=1S/C22H30O3S2/c1-5-6-14-26-15-17-12-13-22(3,20(17)23)16(2)19(21(24)25-4)27-18-10-8-7-9-11-18/h7-11,15-16,19H,5-6,12-14H2,1-4H3/b17-15+/t16-,19?,22+/m1/s1. The predicted molar refractivity (Wildman–Crippen MR) is 115 cm³/mol. The number of allylic oxidation sites excluding steroid dienone is 1. The molecule has 1 aromatic carbocycles. The fraction of sp³-hybridized carbons (Fsp3) is 0.545. The highest BCUT2D eigenvalue weighted by atomic mass is 32.2. The Balaban J connectivity index is 2.17. The first-order valence-electron chi connectivity index (χ1n) is 9.59. The molecule has 0 radical (unpaired) electrons. The summed E-state index contributed by atoms with van der Waals surface area (Å²) in [6, 6.07) is 9.84. The molecule has 148 valence electrons. The first-order chi connectivity index (χ1) is 12.9. The summed E-state index contributed by atoms with van der Waals surface area (Å²) in [5.74, 6) is 0.865. The second kappa shape index (κ2) is 10.4. The number of ketones is 1. The van der Waals surface area contributed by atoms with Gasteiger partial charge in [0, 0.05) is 15.9 Å². The lowest BCUT2D eigenvalue weighted by Gasteiger charge is -2.34. The van der Waals surface area contributed by atoms with E-state index in [1.165, 1.54) is 18.9 Å². The van der Waals surface area contributed by atoms with Crippen molar-refractivity contribution in [2.45, 2.75) is 56.6 Å². The summed E-state index contributed by atoms with van der Waals surface area (Å²) >= 11 is 3.22. The molecule has 0 spiro atoms. The quantitative estimate of drug-likeness (QED) is 0.226. The number of hydrogen-bond acceptors (Lipinski definition) is 5. The summed E-state index contributed by atoms with van der Waals surface area (Å²) in [6.07, 6.45) is 3.91. The van der Waals surface area contributed by atoms with Gasteiger partial charge >= 0.3 is 5.97 Å². The highest BCUT2D eigenvalue weighted by Gasteiger charge is 2.49. The molecule has 0 bridgehead atoms. The van der Waals surface area contributed by atoms with E-state index in [0.29, 0.717) is 0 Å². The van der Waals surface area contributed by atoms with Crippen molar-refractivity contribution < 1.29 is 14.3 Å². The van der Waals surface area contributed by atoms with Crippen molar-refractivity contribution in [3.05, 3.63) is 41.3 Å². The lowest BCUT2D eigenvalue weighted by molar-refractivity contribution is -0.142. The third kappa shape index (κ3) is 5.41. The highest BCUT2D eigenvalue weighted by molar-refractivity contribution is 8.02. The molecule has 0 amide bonds. The van der Waals surface area contributed by atoms with Crippen molar-refractivity contribution in [3.63, 3.8) is 0 Å². The lowest BCUT2D eigenvalue weighted by Crippen LogP contribution is -2.40. The van der Waals surface area contributed by atoms with E-state index in [4.69, 9.17) is 4.74 Å². The molecule has 0 N–H and O–H groups in total. The van der Waals surface area contributed by atoms with Crippen LogP contribution in [0.1, 0.15) is 46.5 Å². The summed E-state index contributed by atoms with van der Waals surface area (Å²) in [7, 11) is 1.42. The molecule has 3 nitrogen and oxygen atoms in total. The Morgan fingerprint density at radius 1 is 1.33 bits per heavy atom. The van der Waals surface area contributed by atoms with E-state index in [0.717, 1.165) is 41.9 Å². The number of Topliss-reactive ketones (excluding diaryl/α,β-unsaturated/α-hetero) is 1. The van der Waals surface area contributed by atoms with Gasteiger partial charge in [-0.3, -0.25) is 9.59 Å². The van der Waals surface area contributed by atoms with Crippen LogP contribution >= 0.6 is 23.5 Å². The molecule has 3 atom stereocenters. The summed E-state index contributed by atoms with van der Waals surface area (Å²) in [6.45, 7) is 6.20. The van der Waals surface area contributed by atoms with Crippen molar-refractivity contribution >= 4 is 35.3 Å². The number of hydrogen-bond donors (Lipinski definition) is 0. The van der Waals surface area contributed by atoms with Crippen LogP contribution in [0.2, 0.25) is 0 Å². The van der Waals surface area contributed by atoms with Crippen molar-refractivity contribution in [1.82, 2.24) is 0 Å². The fourth-order valence-corrected chi connectivity index (χ4v) is 5.68. The van der Waals surface area contributed by atoms with Crippen LogP contribution in [0.25, 0.3) is 0 Å². The molecular weight excluding hydrogens is 376 g/mol. The van der Waals surface area contributed by atoms with Crippen molar-refractivity contribution in [2.75, 3.05) is 12.9 Å². The summed E-state index contributed by atoms with van der Waals surface area (Å²) in [4.78, 5) is 26.7. The first-order valence-corrected chi connectivity index (χ1v) is 11.5. The number of esters is 1. The number of benzene rings is 1. The predicted octanol–water partition coefficient (Wildman–Crippen LogP) is 5.74. The highest BCUT2D eigenvalue weighted by Crippen LogP contribution is 2.48. The van der Waals surface area contributed by atoms with Gasteiger partial charge in [-0.2, -0.15) is 0 Å². The molecule has 1 aliphatic rings. The lowest BCUT2D eigenvalue weighted by atomic mass is 9.74. The Kier molecular flexibility index (Phi) is 8.49. The van der Waals surface area contributed by atoms with E-state index >= 15 is 0 Å². The average Bonchev–Trinajstić information content (AvgIpc) is 2.98. The minimum Gasteiger partial charge on any atom is -0.468 e. The number of rotatable bonds is 9. The van der Waals surface area contributed by atoms with Crippen LogP contribution in [0.4, 0.5) is 0 Å². The van der Waals surface area contributed by atoms with Crippen LogP contribution in [0.3, 0.4) is 0 Å². The van der Waals surface area contributed by atoms with Crippen molar-refractivity contribution in [1.29, 1.82) is 0 Å². The molecular formula is C22H30O3S2. The molecule has 1 aromatic rings. The average molecular weight is 407 g/mol. The molecule has 27 heavy (non-hydrogen) atoms. The largest absolute Gasteiger partial charge is 0.468 e. The molecule has 5 heteroatoms. The maximum Gasteiger partial charge on any atom is 0.319 e. The molecule has 1 aliphatic carbocycles. The van der Waals surface area contributed by atoms with E-state index in [1.807, 2.05) is 49.6 Å². The Labute approximate surface area is 171 Å².